The molecule has 2 aliphatic rings. The second kappa shape index (κ2) is 29.6. The molecule has 0 spiro atoms. The van der Waals surface area contributed by atoms with Gasteiger partial charge in [-0.25, -0.2) is 0 Å². The minimum atomic E-state index is -1.78. The number of phenols is 1. The Kier molecular flexibility index (Phi) is 24.9. The van der Waals surface area contributed by atoms with Crippen molar-refractivity contribution >= 4 is 132 Å². The lowest BCUT2D eigenvalue weighted by molar-refractivity contribution is -0.142. The number of nitrogens with two attached hydrogens (primary N) is 2. The van der Waals surface area contributed by atoms with E-state index in [9.17, 15) is 78.0 Å². The fraction of sp³-hybridized carbons (Fsp3) is 0.548. The number of guanidine groups is 1. The summed E-state index contributed by atoms with van der Waals surface area (Å²) in [4.78, 5) is 163. The number of carboxylic acid groups (broad SMARTS) is 3. The Morgan fingerprint density at radius 3 is 1.93 bits per heavy atom. The highest BCUT2D eigenvalue weighted by Gasteiger charge is 2.36. The van der Waals surface area contributed by atoms with Crippen LogP contribution in [0.25, 0.3) is 0 Å². The number of phenolic OH excluding ortho intramolecular Hbond substituents is 1. The minimum absolute atomic E-state index is 0.0225. The van der Waals surface area contributed by atoms with E-state index >= 15 is 0 Å². The van der Waals surface area contributed by atoms with E-state index in [-0.39, 0.29) is 54.8 Å². The number of halogens is 1. The first-order valence-electron chi connectivity index (χ1n) is 21.6. The van der Waals surface area contributed by atoms with E-state index in [1.54, 1.807) is 0 Å². The van der Waals surface area contributed by atoms with Crippen LogP contribution in [0.2, 0.25) is 0 Å². The number of aliphatic carboxylic acids is 3. The van der Waals surface area contributed by atoms with E-state index in [2.05, 4.69) is 31.6 Å². The lowest BCUT2D eigenvalue weighted by atomic mass is 9.90. The van der Waals surface area contributed by atoms with E-state index in [1.807, 2.05) is 22.6 Å². The lowest BCUT2D eigenvalue weighted by Gasteiger charge is -2.26. The predicted molar refractivity (Wildman–Crippen MR) is 263 cm³/mol. The van der Waals surface area contributed by atoms with Gasteiger partial charge in [0.25, 0.3) is 0 Å². The normalized spacial score (nSPS) is 24.3. The molecule has 24 nitrogen and oxygen atoms in total. The summed E-state index contributed by atoms with van der Waals surface area (Å²) in [6.07, 6.45) is -4.97. The molecule has 0 radical (unpaired) electrons. The van der Waals surface area contributed by atoms with E-state index in [4.69, 9.17) is 11.5 Å². The number of benzene rings is 1. The zero-order chi connectivity index (χ0) is 52.1. The number of carboxylic acids is 3. The van der Waals surface area contributed by atoms with Gasteiger partial charge in [-0.2, -0.15) is 0 Å². The first-order valence-corrected chi connectivity index (χ1v) is 26.3. The molecule has 2 aliphatic heterocycles. The summed E-state index contributed by atoms with van der Waals surface area (Å²) in [6, 6.07) is -1.84. The number of hydrogen-bond acceptors (Lipinski definition) is 17. The van der Waals surface area contributed by atoms with Crippen LogP contribution in [0.5, 0.6) is 5.75 Å². The van der Waals surface area contributed by atoms with Gasteiger partial charge in [0.2, 0.25) is 29.5 Å². The zero-order valence-electron chi connectivity index (χ0n) is 37.5. The van der Waals surface area contributed by atoms with E-state index in [1.165, 1.54) is 18.2 Å². The van der Waals surface area contributed by atoms with Gasteiger partial charge in [-0.1, -0.05) is 27.7 Å². The molecule has 5 amide bonds. The Labute approximate surface area is 426 Å². The largest absolute Gasteiger partial charge is 0.507 e. The molecule has 0 aromatic heterocycles. The number of carbonyl (C=O) groups excluding carboxylic acids is 9. The number of rotatable bonds is 14. The van der Waals surface area contributed by atoms with Gasteiger partial charge in [-0.15, -0.1) is 11.8 Å². The van der Waals surface area contributed by atoms with Crippen molar-refractivity contribution in [3.05, 3.63) is 27.3 Å². The maximum absolute atomic E-state index is 14.5. The monoisotopic (exact) mass is 1150 g/mol. The summed E-state index contributed by atoms with van der Waals surface area (Å²) >= 11 is 2.61. The molecule has 0 saturated carbocycles. The van der Waals surface area contributed by atoms with Crippen LogP contribution in [0, 0.1) is 21.3 Å². The smallest absolute Gasteiger partial charge is 0.305 e. The molecule has 7 atom stereocenters. The third kappa shape index (κ3) is 21.2. The van der Waals surface area contributed by atoms with Gasteiger partial charge >= 0.3 is 17.9 Å². The van der Waals surface area contributed by atoms with E-state index in [0.29, 0.717) is 9.13 Å². The summed E-state index contributed by atoms with van der Waals surface area (Å²) < 4.78 is 0.384. The van der Waals surface area contributed by atoms with Crippen LogP contribution in [-0.2, 0) is 64.0 Å². The SMILES string of the molecule is NC(N)=NCCCC1CC(=O)C2CSSCC(NC(=O)C(CC(=O)O)CC(=O)CNC1=O)C(=O)CC(Cc1ccc(O)c(I)c1)C(=O)NC(C(=O)CCC(=O)O)CSCC(=O)NC(CC(=O)O)C(=O)N2. The topological polar surface area (TPSA) is 410 Å². The van der Waals surface area contributed by atoms with E-state index < -0.39 is 170 Å². The molecule has 28 heteroatoms. The highest BCUT2D eigenvalue weighted by molar-refractivity contribution is 14.1. The Balaban J connectivity index is 2.20. The van der Waals surface area contributed by atoms with Gasteiger partial charge in [0.05, 0.1) is 59.2 Å². The average molecular weight is 1150 g/mol. The summed E-state index contributed by atoms with van der Waals surface area (Å²) in [7, 11) is 1.80. The van der Waals surface area contributed by atoms with Crippen LogP contribution < -0.4 is 38.1 Å². The molecular formula is C42H55IN8O16S3. The molecule has 70 heavy (non-hydrogen) atoms. The minimum Gasteiger partial charge on any atom is -0.507 e. The number of aromatic hydroxyl groups is 1. The second-order valence-corrected chi connectivity index (χ2v) is 21.0. The molecule has 2 heterocycles. The maximum Gasteiger partial charge on any atom is 0.305 e. The fourth-order valence-electron chi connectivity index (χ4n) is 7.03. The van der Waals surface area contributed by atoms with Crippen molar-refractivity contribution in [3.8, 4) is 5.75 Å². The summed E-state index contributed by atoms with van der Waals surface area (Å²) in [5.74, 6) is -18.0. The number of fused-ring (bicyclic) bond motifs is 5. The zero-order valence-corrected chi connectivity index (χ0v) is 42.1. The number of hydrogen-bond donors (Lipinski definition) is 11. The molecule has 3 rings (SSSR count). The number of nitrogens with one attached hydrogen (secondary N) is 5. The quantitative estimate of drug-likeness (QED) is 0.0346. The Hall–Kier alpha value is -5.49. The van der Waals surface area contributed by atoms with Crippen LogP contribution >= 0.6 is 55.9 Å². The molecule has 384 valence electrons. The van der Waals surface area contributed by atoms with E-state index in [0.717, 1.165) is 33.3 Å². The van der Waals surface area contributed by atoms with Crippen molar-refractivity contribution in [2.24, 2.45) is 34.2 Å². The Morgan fingerprint density at radius 1 is 0.714 bits per heavy atom. The van der Waals surface area contributed by atoms with Crippen LogP contribution in [-0.4, -0.2) is 157 Å². The number of nitrogens with zero attached hydrogens (tertiary/aromatic N) is 1. The molecular weight excluding hydrogens is 1100 g/mol. The van der Waals surface area contributed by atoms with Gasteiger partial charge in [0.1, 0.15) is 11.8 Å². The third-order valence-electron chi connectivity index (χ3n) is 10.7. The highest BCUT2D eigenvalue weighted by atomic mass is 127. The van der Waals surface area contributed by atoms with Crippen LogP contribution in [0.4, 0.5) is 0 Å². The van der Waals surface area contributed by atoms with Gasteiger partial charge in [0, 0.05) is 61.3 Å². The lowest BCUT2D eigenvalue weighted by Crippen LogP contribution is -2.53. The summed E-state index contributed by atoms with van der Waals surface area (Å²) in [5.41, 5.74) is 11.3. The van der Waals surface area contributed by atoms with Gasteiger partial charge in [0.15, 0.2) is 29.1 Å². The highest BCUT2D eigenvalue weighted by Crippen LogP contribution is 2.28. The summed E-state index contributed by atoms with van der Waals surface area (Å²) in [6.45, 7) is -0.674. The van der Waals surface area contributed by atoms with Crippen molar-refractivity contribution in [1.82, 2.24) is 26.6 Å². The average Bonchev–Trinajstić information content (AvgIpc) is 3.27. The number of thioether (sulfide) groups is 1. The molecule has 0 aliphatic carbocycles. The molecule has 2 fully saturated rings. The number of ketones is 4. The van der Waals surface area contributed by atoms with Crippen molar-refractivity contribution in [1.29, 1.82) is 0 Å². The van der Waals surface area contributed by atoms with Crippen LogP contribution in [0.1, 0.15) is 63.4 Å². The standard InChI is InChI=1S/C42H55IN8O16S3/c43-25-9-20(3-4-30(25)53)8-22-12-33(56)28-17-69-70-18-29(51-41(67)26(14-37(62)63)48-34(57)19-68-16-27(49-39(22)65)31(54)5-6-35(58)59)32(55)11-21(2-1-7-46-42(44)45)38(64)47-15-24(52)10-23(13-36(60)61)40(66)50-28/h3-4,9,21-23,26-29,53H,1-2,5-8,10-19H2,(H,47,64)(H,48,57)(H,49,65)(H,50,66)(H,51,67)(H,58,59)(H,60,61)(H,62,63)(H4,44,45,46). The number of Topliss-reactive ketones (excluding diaryl/α,β-unsaturated/α-hetero) is 4. The second-order valence-electron chi connectivity index (χ2n) is 16.3. The fourth-order valence-corrected chi connectivity index (χ4v) is 10.9. The van der Waals surface area contributed by atoms with Crippen LogP contribution in [0.3, 0.4) is 0 Å². The predicted octanol–water partition coefficient (Wildman–Crippen LogP) is -1.10. The molecule has 1 aromatic carbocycles. The Bertz CT molecular complexity index is 2200. The van der Waals surface area contributed by atoms with Gasteiger partial charge in [-0.05, 0) is 59.5 Å². The first-order chi connectivity index (χ1) is 33.0. The van der Waals surface area contributed by atoms with Crippen molar-refractivity contribution in [3.63, 3.8) is 0 Å². The number of carbonyl (C=O) groups is 12. The van der Waals surface area contributed by atoms with Crippen molar-refractivity contribution in [2.45, 2.75) is 88.4 Å². The summed E-state index contributed by atoms with van der Waals surface area (Å²) in [5, 5.41) is 51.2. The third-order valence-corrected chi connectivity index (χ3v) is 15.0. The van der Waals surface area contributed by atoms with Crippen LogP contribution in [0.15, 0.2) is 23.2 Å². The molecule has 13 N–H and O–H groups in total. The van der Waals surface area contributed by atoms with Crippen molar-refractivity contribution < 1.29 is 78.0 Å². The molecule has 1 aromatic rings. The first kappa shape index (κ1) is 58.8. The van der Waals surface area contributed by atoms with Gasteiger partial charge < -0.3 is 58.5 Å². The number of aliphatic imine (C=N–C) groups is 1. The molecule has 2 bridgehead atoms. The van der Waals surface area contributed by atoms with Crippen molar-refractivity contribution in [2.75, 3.05) is 36.1 Å². The maximum atomic E-state index is 14.5. The molecule has 2 saturated heterocycles. The molecule has 7 unspecified atom stereocenters. The number of amides is 5. The van der Waals surface area contributed by atoms with Gasteiger partial charge in [-0.3, -0.25) is 62.5 Å². The Morgan fingerprint density at radius 2 is 1.33 bits per heavy atom.